The van der Waals surface area contributed by atoms with Crippen LogP contribution in [-0.2, 0) is 21.1 Å². The van der Waals surface area contributed by atoms with Crippen LogP contribution in [0.5, 0.6) is 0 Å². The molecule has 1 aliphatic heterocycles. The second kappa shape index (κ2) is 6.32. The summed E-state index contributed by atoms with van der Waals surface area (Å²) in [6, 6.07) is 2.05. The minimum absolute atomic E-state index is 0.0389. The zero-order valence-corrected chi connectivity index (χ0v) is 12.8. The van der Waals surface area contributed by atoms with Crippen LogP contribution >= 0.6 is 0 Å². The first-order valence-electron chi connectivity index (χ1n) is 6.78. The molecule has 1 saturated heterocycles. The molecule has 2 heterocycles. The summed E-state index contributed by atoms with van der Waals surface area (Å²) in [6.07, 6.45) is 0. The zero-order chi connectivity index (χ0) is 15.5. The molecular formula is C12H19N5O3S. The van der Waals surface area contributed by atoms with Crippen molar-refractivity contribution in [1.82, 2.24) is 9.78 Å². The van der Waals surface area contributed by atoms with Crippen LogP contribution in [0.2, 0.25) is 0 Å². The summed E-state index contributed by atoms with van der Waals surface area (Å²) in [4.78, 5) is 1.93. The van der Waals surface area contributed by atoms with Gasteiger partial charge < -0.3 is 15.4 Å². The monoisotopic (exact) mass is 313 g/mol. The number of morpholine rings is 1. The molecule has 1 aliphatic rings. The highest BCUT2D eigenvalue weighted by atomic mass is 32.2. The van der Waals surface area contributed by atoms with E-state index in [0.717, 1.165) is 0 Å². The lowest BCUT2D eigenvalue weighted by molar-refractivity contribution is 0.122. The van der Waals surface area contributed by atoms with Gasteiger partial charge in [-0.2, -0.15) is 10.4 Å². The molecule has 0 bridgehead atoms. The van der Waals surface area contributed by atoms with Crippen LogP contribution in [0.25, 0.3) is 0 Å². The first-order chi connectivity index (χ1) is 9.98. The number of hydrogen-bond donors (Lipinski definition) is 1. The molecule has 0 unspecified atom stereocenters. The predicted octanol–water partition coefficient (Wildman–Crippen LogP) is -0.392. The van der Waals surface area contributed by atoms with Gasteiger partial charge in [0, 0.05) is 18.8 Å². The Kier molecular flexibility index (Phi) is 4.69. The fourth-order valence-corrected chi connectivity index (χ4v) is 2.85. The number of sulfone groups is 1. The highest BCUT2D eigenvalue weighted by Gasteiger charge is 2.23. The van der Waals surface area contributed by atoms with E-state index in [2.05, 4.69) is 11.2 Å². The molecule has 0 atom stereocenters. The van der Waals surface area contributed by atoms with Crippen molar-refractivity contribution in [2.45, 2.75) is 13.5 Å². The Morgan fingerprint density at radius 2 is 2.10 bits per heavy atom. The van der Waals surface area contributed by atoms with Gasteiger partial charge in [-0.1, -0.05) is 6.92 Å². The molecule has 2 N–H and O–H groups in total. The highest BCUT2D eigenvalue weighted by molar-refractivity contribution is 7.91. The van der Waals surface area contributed by atoms with Gasteiger partial charge in [0.2, 0.25) is 0 Å². The van der Waals surface area contributed by atoms with Crippen molar-refractivity contribution in [2.24, 2.45) is 0 Å². The number of rotatable bonds is 5. The smallest absolute Gasteiger partial charge is 0.171 e. The van der Waals surface area contributed by atoms with E-state index in [1.54, 1.807) is 6.92 Å². The van der Waals surface area contributed by atoms with Crippen molar-refractivity contribution < 1.29 is 13.2 Å². The lowest BCUT2D eigenvalue weighted by Crippen LogP contribution is -2.37. The average molecular weight is 313 g/mol. The number of ether oxygens (including phenoxy) is 1. The van der Waals surface area contributed by atoms with Crippen LogP contribution in [0.4, 0.5) is 11.6 Å². The van der Waals surface area contributed by atoms with Gasteiger partial charge in [-0.3, -0.25) is 0 Å². The third kappa shape index (κ3) is 3.46. The van der Waals surface area contributed by atoms with E-state index in [9.17, 15) is 13.7 Å². The van der Waals surface area contributed by atoms with Crippen molar-refractivity contribution >= 4 is 21.5 Å². The molecule has 8 nitrogen and oxygen atoms in total. The molecular weight excluding hydrogens is 294 g/mol. The fourth-order valence-electron chi connectivity index (χ4n) is 2.11. The van der Waals surface area contributed by atoms with Gasteiger partial charge in [-0.15, -0.1) is 0 Å². The summed E-state index contributed by atoms with van der Waals surface area (Å²) < 4.78 is 29.8. The second-order valence-electron chi connectivity index (χ2n) is 4.75. The number of nitrogen functional groups attached to an aromatic ring is 1. The van der Waals surface area contributed by atoms with Crippen molar-refractivity contribution in [3.05, 3.63) is 5.56 Å². The van der Waals surface area contributed by atoms with Gasteiger partial charge >= 0.3 is 0 Å². The van der Waals surface area contributed by atoms with E-state index in [0.29, 0.717) is 37.7 Å². The number of anilines is 2. The summed E-state index contributed by atoms with van der Waals surface area (Å²) in [6.45, 7) is 4.17. The van der Waals surface area contributed by atoms with Gasteiger partial charge in [0.1, 0.15) is 17.5 Å². The van der Waals surface area contributed by atoms with E-state index < -0.39 is 9.84 Å². The zero-order valence-electron chi connectivity index (χ0n) is 11.9. The third-order valence-electron chi connectivity index (χ3n) is 3.45. The minimum Gasteiger partial charge on any atom is -0.383 e. The standard InChI is InChI=1S/C12H19N5O3S/c1-2-21(18,19)8-5-17-11(14)10(9-13)12(15-17)16-3-6-20-7-4-16/h2-8,14H2,1H3. The topological polar surface area (TPSA) is 114 Å². The van der Waals surface area contributed by atoms with E-state index in [1.165, 1.54) is 4.68 Å². The van der Waals surface area contributed by atoms with Crippen LogP contribution in [0.15, 0.2) is 0 Å². The third-order valence-corrected chi connectivity index (χ3v) is 5.13. The van der Waals surface area contributed by atoms with Gasteiger partial charge in [-0.05, 0) is 0 Å². The maximum absolute atomic E-state index is 11.6. The molecule has 1 aromatic rings. The quantitative estimate of drug-likeness (QED) is 0.787. The van der Waals surface area contributed by atoms with E-state index >= 15 is 0 Å². The Morgan fingerprint density at radius 1 is 1.43 bits per heavy atom. The van der Waals surface area contributed by atoms with Gasteiger partial charge in [-0.25, -0.2) is 13.1 Å². The Bertz CT molecular complexity index is 641. The molecule has 0 spiro atoms. The number of aromatic nitrogens is 2. The Hall–Kier alpha value is -1.79. The van der Waals surface area contributed by atoms with Crippen molar-refractivity contribution in [3.8, 4) is 6.07 Å². The fraction of sp³-hybridized carbons (Fsp3) is 0.667. The molecule has 9 heteroatoms. The SMILES string of the molecule is CCS(=O)(=O)CCn1nc(N2CCOCC2)c(C#N)c1N. The molecule has 0 aromatic carbocycles. The first-order valence-corrected chi connectivity index (χ1v) is 8.60. The van der Waals surface area contributed by atoms with Crippen molar-refractivity contribution in [2.75, 3.05) is 48.4 Å². The van der Waals surface area contributed by atoms with Crippen molar-refractivity contribution in [3.63, 3.8) is 0 Å². The molecule has 21 heavy (non-hydrogen) atoms. The molecule has 0 aliphatic carbocycles. The molecule has 2 rings (SSSR count). The number of nitrogens with zero attached hydrogens (tertiary/aromatic N) is 4. The summed E-state index contributed by atoms with van der Waals surface area (Å²) in [7, 11) is -3.10. The van der Waals surface area contributed by atoms with Crippen molar-refractivity contribution in [1.29, 1.82) is 5.26 Å². The second-order valence-corrected chi connectivity index (χ2v) is 7.23. The summed E-state index contributed by atoms with van der Waals surface area (Å²) >= 11 is 0. The number of nitrogens with two attached hydrogens (primary N) is 1. The molecule has 1 aromatic heterocycles. The lowest BCUT2D eigenvalue weighted by Gasteiger charge is -2.26. The van der Waals surface area contributed by atoms with Crippen LogP contribution in [0.1, 0.15) is 12.5 Å². The normalized spacial score (nSPS) is 15.9. The molecule has 0 amide bonds. The van der Waals surface area contributed by atoms with E-state index in [1.807, 2.05) is 4.90 Å². The van der Waals surface area contributed by atoms with Gasteiger partial charge in [0.05, 0.1) is 25.5 Å². The van der Waals surface area contributed by atoms with Gasteiger partial charge in [0.15, 0.2) is 15.7 Å². The summed E-state index contributed by atoms with van der Waals surface area (Å²) in [5, 5.41) is 13.6. The van der Waals surface area contributed by atoms with E-state index in [-0.39, 0.29) is 23.9 Å². The minimum atomic E-state index is -3.10. The molecule has 1 fully saturated rings. The average Bonchev–Trinajstić information content (AvgIpc) is 2.82. The van der Waals surface area contributed by atoms with Crippen LogP contribution in [0.3, 0.4) is 0 Å². The Morgan fingerprint density at radius 3 is 2.67 bits per heavy atom. The van der Waals surface area contributed by atoms with Crippen LogP contribution in [0, 0.1) is 11.3 Å². The predicted molar refractivity (Wildman–Crippen MR) is 78.7 cm³/mol. The van der Waals surface area contributed by atoms with Gasteiger partial charge in [0.25, 0.3) is 0 Å². The maximum Gasteiger partial charge on any atom is 0.171 e. The summed E-state index contributed by atoms with van der Waals surface area (Å²) in [5.41, 5.74) is 6.21. The summed E-state index contributed by atoms with van der Waals surface area (Å²) in [5.74, 6) is 0.760. The lowest BCUT2D eigenvalue weighted by atomic mass is 10.3. The first kappa shape index (κ1) is 15.6. The molecule has 0 radical (unpaired) electrons. The Balaban J connectivity index is 2.23. The van der Waals surface area contributed by atoms with Crippen LogP contribution in [-0.4, -0.2) is 56.0 Å². The number of nitriles is 1. The highest BCUT2D eigenvalue weighted by Crippen LogP contribution is 2.25. The number of hydrogen-bond acceptors (Lipinski definition) is 7. The molecule has 0 saturated carbocycles. The Labute approximate surface area is 124 Å². The van der Waals surface area contributed by atoms with Crippen LogP contribution < -0.4 is 10.6 Å². The molecule has 116 valence electrons. The van der Waals surface area contributed by atoms with E-state index in [4.69, 9.17) is 10.5 Å². The maximum atomic E-state index is 11.6. The largest absolute Gasteiger partial charge is 0.383 e. The number of aryl methyl sites for hydroxylation is 1.